The summed E-state index contributed by atoms with van der Waals surface area (Å²) in [6.07, 6.45) is 11.6. The van der Waals surface area contributed by atoms with Gasteiger partial charge in [-0.25, -0.2) is 0 Å². The van der Waals surface area contributed by atoms with Gasteiger partial charge in [0.2, 0.25) is 0 Å². The summed E-state index contributed by atoms with van der Waals surface area (Å²) >= 11 is 0. The molecular weight excluding hydrogens is 136 g/mol. The van der Waals surface area contributed by atoms with E-state index in [1.807, 2.05) is 0 Å². The highest BCUT2D eigenvalue weighted by Gasteiger charge is 2.38. The number of hydrogen-bond acceptors (Lipinski definition) is 1. The van der Waals surface area contributed by atoms with Crippen LogP contribution in [0.15, 0.2) is 12.2 Å². The Morgan fingerprint density at radius 2 is 2.18 bits per heavy atom. The molecule has 0 radical (unpaired) electrons. The SMILES string of the molecule is OC1CCCCC12C=CCC2. The van der Waals surface area contributed by atoms with E-state index >= 15 is 0 Å². The lowest BCUT2D eigenvalue weighted by molar-refractivity contribution is 0.0210. The van der Waals surface area contributed by atoms with Gasteiger partial charge in [-0.05, 0) is 25.7 Å². The van der Waals surface area contributed by atoms with Crippen LogP contribution in [0.4, 0.5) is 0 Å². The van der Waals surface area contributed by atoms with Gasteiger partial charge < -0.3 is 5.11 Å². The van der Waals surface area contributed by atoms with Crippen molar-refractivity contribution in [1.82, 2.24) is 0 Å². The van der Waals surface area contributed by atoms with E-state index in [9.17, 15) is 5.11 Å². The predicted octanol–water partition coefficient (Wildman–Crippen LogP) is 2.26. The van der Waals surface area contributed by atoms with Crippen molar-refractivity contribution in [2.75, 3.05) is 0 Å². The fraction of sp³-hybridized carbons (Fsp3) is 0.800. The summed E-state index contributed by atoms with van der Waals surface area (Å²) in [6.45, 7) is 0. The Morgan fingerprint density at radius 1 is 1.27 bits per heavy atom. The van der Waals surface area contributed by atoms with E-state index in [1.165, 1.54) is 32.1 Å². The van der Waals surface area contributed by atoms with E-state index in [1.54, 1.807) is 0 Å². The maximum absolute atomic E-state index is 9.81. The Balaban J connectivity index is 2.14. The molecule has 0 aromatic carbocycles. The summed E-state index contributed by atoms with van der Waals surface area (Å²) in [4.78, 5) is 0. The molecule has 2 atom stereocenters. The smallest absolute Gasteiger partial charge is 0.0630 e. The number of hydrogen-bond donors (Lipinski definition) is 1. The molecule has 2 aliphatic carbocycles. The van der Waals surface area contributed by atoms with Gasteiger partial charge in [0.05, 0.1) is 6.10 Å². The van der Waals surface area contributed by atoms with E-state index < -0.39 is 0 Å². The topological polar surface area (TPSA) is 20.2 Å². The van der Waals surface area contributed by atoms with Crippen LogP contribution in [0.1, 0.15) is 38.5 Å². The summed E-state index contributed by atoms with van der Waals surface area (Å²) in [5, 5.41) is 9.81. The Hall–Kier alpha value is -0.300. The van der Waals surface area contributed by atoms with Crippen molar-refractivity contribution >= 4 is 0 Å². The molecule has 0 heterocycles. The van der Waals surface area contributed by atoms with Gasteiger partial charge in [0.1, 0.15) is 0 Å². The van der Waals surface area contributed by atoms with Crippen LogP contribution in [0.5, 0.6) is 0 Å². The molecule has 1 heteroatoms. The summed E-state index contributed by atoms with van der Waals surface area (Å²) in [7, 11) is 0. The second kappa shape index (κ2) is 2.63. The van der Waals surface area contributed by atoms with Crippen LogP contribution in [0, 0.1) is 5.41 Å². The molecule has 0 amide bonds. The van der Waals surface area contributed by atoms with Crippen molar-refractivity contribution in [3.05, 3.63) is 12.2 Å². The van der Waals surface area contributed by atoms with E-state index in [4.69, 9.17) is 0 Å². The minimum Gasteiger partial charge on any atom is -0.392 e. The average Bonchev–Trinajstić information content (AvgIpc) is 2.46. The van der Waals surface area contributed by atoms with Crippen LogP contribution in [0.3, 0.4) is 0 Å². The Morgan fingerprint density at radius 3 is 2.82 bits per heavy atom. The van der Waals surface area contributed by atoms with Crippen LogP contribution < -0.4 is 0 Å². The molecule has 11 heavy (non-hydrogen) atoms. The van der Waals surface area contributed by atoms with Gasteiger partial charge >= 0.3 is 0 Å². The lowest BCUT2D eigenvalue weighted by Crippen LogP contribution is -2.34. The lowest BCUT2D eigenvalue weighted by Gasteiger charge is -2.36. The summed E-state index contributed by atoms with van der Waals surface area (Å²) < 4.78 is 0. The molecule has 2 aliphatic rings. The van der Waals surface area contributed by atoms with Gasteiger partial charge in [-0.2, -0.15) is 0 Å². The van der Waals surface area contributed by atoms with Crippen molar-refractivity contribution in [3.8, 4) is 0 Å². The first-order valence-electron chi connectivity index (χ1n) is 4.69. The third kappa shape index (κ3) is 1.12. The normalized spacial score (nSPS) is 43.5. The van der Waals surface area contributed by atoms with E-state index in [0.717, 1.165) is 6.42 Å². The van der Waals surface area contributed by atoms with Gasteiger partial charge in [-0.15, -0.1) is 0 Å². The molecule has 0 aromatic heterocycles. The second-order valence-electron chi connectivity index (χ2n) is 3.94. The molecule has 2 rings (SSSR count). The third-order valence-electron chi connectivity index (χ3n) is 3.26. The molecule has 1 nitrogen and oxygen atoms in total. The highest BCUT2D eigenvalue weighted by molar-refractivity contribution is 5.11. The lowest BCUT2D eigenvalue weighted by atomic mass is 9.71. The van der Waals surface area contributed by atoms with Crippen LogP contribution in [0.25, 0.3) is 0 Å². The highest BCUT2D eigenvalue weighted by atomic mass is 16.3. The van der Waals surface area contributed by atoms with Crippen LogP contribution in [-0.4, -0.2) is 11.2 Å². The first kappa shape index (κ1) is 7.35. The molecule has 1 saturated carbocycles. The number of aliphatic hydroxyl groups is 1. The zero-order valence-corrected chi connectivity index (χ0v) is 6.92. The van der Waals surface area contributed by atoms with Crippen molar-refractivity contribution in [2.24, 2.45) is 5.41 Å². The highest BCUT2D eigenvalue weighted by Crippen LogP contribution is 2.44. The third-order valence-corrected chi connectivity index (χ3v) is 3.26. The molecule has 1 spiro atoms. The minimum absolute atomic E-state index is 0.0463. The maximum atomic E-state index is 9.81. The summed E-state index contributed by atoms with van der Waals surface area (Å²) in [5.41, 5.74) is 0.207. The standard InChI is InChI=1S/C10H16O/c11-9-5-1-2-6-10(9)7-3-4-8-10/h3,7,9,11H,1-2,4-6,8H2. The molecule has 0 bridgehead atoms. The summed E-state index contributed by atoms with van der Waals surface area (Å²) in [5.74, 6) is 0. The number of rotatable bonds is 0. The Bertz CT molecular complexity index is 174. The summed E-state index contributed by atoms with van der Waals surface area (Å²) in [6, 6.07) is 0. The fourth-order valence-electron chi connectivity index (χ4n) is 2.49. The van der Waals surface area contributed by atoms with Crippen molar-refractivity contribution in [3.63, 3.8) is 0 Å². The van der Waals surface area contributed by atoms with Crippen LogP contribution >= 0.6 is 0 Å². The van der Waals surface area contributed by atoms with Crippen molar-refractivity contribution in [1.29, 1.82) is 0 Å². The zero-order valence-electron chi connectivity index (χ0n) is 6.92. The monoisotopic (exact) mass is 152 g/mol. The first-order chi connectivity index (χ1) is 5.33. The first-order valence-corrected chi connectivity index (χ1v) is 4.69. The Kier molecular flexibility index (Phi) is 1.76. The van der Waals surface area contributed by atoms with E-state index in [2.05, 4.69) is 12.2 Å². The van der Waals surface area contributed by atoms with Crippen molar-refractivity contribution < 1.29 is 5.11 Å². The van der Waals surface area contributed by atoms with Gasteiger partial charge in [-0.1, -0.05) is 25.0 Å². The second-order valence-corrected chi connectivity index (χ2v) is 3.94. The molecule has 2 unspecified atom stereocenters. The largest absolute Gasteiger partial charge is 0.392 e. The fourth-order valence-corrected chi connectivity index (χ4v) is 2.49. The maximum Gasteiger partial charge on any atom is 0.0630 e. The average molecular weight is 152 g/mol. The zero-order chi connectivity index (χ0) is 7.73. The predicted molar refractivity (Wildman–Crippen MR) is 45.3 cm³/mol. The Labute approximate surface area is 68.1 Å². The molecule has 0 aliphatic heterocycles. The van der Waals surface area contributed by atoms with Gasteiger partial charge in [0.25, 0.3) is 0 Å². The minimum atomic E-state index is -0.0463. The van der Waals surface area contributed by atoms with Gasteiger partial charge in [0.15, 0.2) is 0 Å². The van der Waals surface area contributed by atoms with E-state index in [0.29, 0.717) is 0 Å². The van der Waals surface area contributed by atoms with Crippen molar-refractivity contribution in [2.45, 2.75) is 44.6 Å². The number of allylic oxidation sites excluding steroid dienone is 1. The van der Waals surface area contributed by atoms with Crippen LogP contribution in [-0.2, 0) is 0 Å². The number of aliphatic hydroxyl groups excluding tert-OH is 1. The van der Waals surface area contributed by atoms with E-state index in [-0.39, 0.29) is 11.5 Å². The molecular formula is C10H16O. The van der Waals surface area contributed by atoms with Gasteiger partial charge in [0, 0.05) is 5.41 Å². The molecule has 1 N–H and O–H groups in total. The quantitative estimate of drug-likeness (QED) is 0.528. The van der Waals surface area contributed by atoms with Gasteiger partial charge in [-0.3, -0.25) is 0 Å². The molecule has 62 valence electrons. The van der Waals surface area contributed by atoms with Crippen LogP contribution in [0.2, 0.25) is 0 Å². The molecule has 0 aromatic rings. The molecule has 1 fully saturated rings. The molecule has 0 saturated heterocycles.